The number of fused-ring (bicyclic) bond motifs is 1. The van der Waals surface area contributed by atoms with Gasteiger partial charge in [0, 0.05) is 23.9 Å². The van der Waals surface area contributed by atoms with E-state index in [1.165, 1.54) is 0 Å². The van der Waals surface area contributed by atoms with Crippen molar-refractivity contribution >= 4 is 23.2 Å². The van der Waals surface area contributed by atoms with E-state index in [1.807, 2.05) is 39.1 Å². The van der Waals surface area contributed by atoms with Gasteiger partial charge in [0.05, 0.1) is 20.3 Å². The predicted octanol–water partition coefficient (Wildman–Crippen LogP) is 1.56. The maximum absolute atomic E-state index is 12.4. The number of carbonyl (C=O) groups is 2. The first-order valence-electron chi connectivity index (χ1n) is 9.79. The molecule has 2 aromatic carbocycles. The molecule has 154 valence electrons. The molecule has 0 aromatic heterocycles. The van der Waals surface area contributed by atoms with E-state index in [9.17, 15) is 9.59 Å². The van der Waals surface area contributed by atoms with Gasteiger partial charge in [-0.3, -0.25) is 9.59 Å². The highest BCUT2D eigenvalue weighted by Crippen LogP contribution is 2.32. The van der Waals surface area contributed by atoms with Gasteiger partial charge in [-0.25, -0.2) is 0 Å². The molecule has 7 heteroatoms. The third kappa shape index (κ3) is 5.71. The SMILES string of the molecule is Cc1cccc(C)c1NC(=O)C[NH+](C)CC(=O)Nc1ccc2c(c1)OCCCO2. The average molecular weight is 398 g/mol. The van der Waals surface area contributed by atoms with Crippen LogP contribution in [0.25, 0.3) is 0 Å². The molecule has 1 aliphatic rings. The fourth-order valence-electron chi connectivity index (χ4n) is 3.25. The summed E-state index contributed by atoms with van der Waals surface area (Å²) in [4.78, 5) is 25.5. The highest BCUT2D eigenvalue weighted by atomic mass is 16.5. The Morgan fingerprint density at radius 1 is 0.931 bits per heavy atom. The minimum absolute atomic E-state index is 0.122. The van der Waals surface area contributed by atoms with Crippen LogP contribution in [0.5, 0.6) is 11.5 Å². The Bertz CT molecular complexity index is 877. The molecule has 3 N–H and O–H groups in total. The Labute approximate surface area is 171 Å². The Morgan fingerprint density at radius 3 is 2.24 bits per heavy atom. The summed E-state index contributed by atoms with van der Waals surface area (Å²) in [5, 5.41) is 5.81. The molecule has 0 saturated heterocycles. The molecule has 0 saturated carbocycles. The van der Waals surface area contributed by atoms with E-state index in [0.717, 1.165) is 28.1 Å². The second kappa shape index (κ2) is 9.43. The normalized spacial score (nSPS) is 13.9. The van der Waals surface area contributed by atoms with Crippen molar-refractivity contribution in [3.63, 3.8) is 0 Å². The number of benzene rings is 2. The van der Waals surface area contributed by atoms with Gasteiger partial charge in [-0.1, -0.05) is 18.2 Å². The van der Waals surface area contributed by atoms with Gasteiger partial charge < -0.3 is 25.0 Å². The summed E-state index contributed by atoms with van der Waals surface area (Å²) in [6.45, 7) is 5.50. The van der Waals surface area contributed by atoms with Gasteiger partial charge >= 0.3 is 0 Å². The number of hydrogen-bond acceptors (Lipinski definition) is 4. The van der Waals surface area contributed by atoms with Crippen LogP contribution in [-0.2, 0) is 9.59 Å². The molecule has 2 aromatic rings. The van der Waals surface area contributed by atoms with Crippen LogP contribution in [0.1, 0.15) is 17.5 Å². The van der Waals surface area contributed by atoms with Crippen LogP contribution in [0.2, 0.25) is 0 Å². The molecule has 29 heavy (non-hydrogen) atoms. The van der Waals surface area contributed by atoms with E-state index in [2.05, 4.69) is 10.6 Å². The predicted molar refractivity (Wildman–Crippen MR) is 112 cm³/mol. The molecule has 3 rings (SSSR count). The van der Waals surface area contributed by atoms with Crippen molar-refractivity contribution in [2.45, 2.75) is 20.3 Å². The smallest absolute Gasteiger partial charge is 0.279 e. The number of ether oxygens (including phenoxy) is 2. The first-order chi connectivity index (χ1) is 13.9. The lowest BCUT2D eigenvalue weighted by Crippen LogP contribution is -3.11. The van der Waals surface area contributed by atoms with Gasteiger partial charge in [-0.05, 0) is 37.1 Å². The molecule has 1 aliphatic heterocycles. The van der Waals surface area contributed by atoms with Crippen molar-refractivity contribution in [2.24, 2.45) is 0 Å². The highest BCUT2D eigenvalue weighted by Gasteiger charge is 2.17. The number of amides is 2. The molecule has 1 unspecified atom stereocenters. The van der Waals surface area contributed by atoms with E-state index in [-0.39, 0.29) is 24.9 Å². The molecule has 0 spiro atoms. The van der Waals surface area contributed by atoms with E-state index in [1.54, 1.807) is 18.2 Å². The number of hydrogen-bond donors (Lipinski definition) is 3. The molecular formula is C22H28N3O4+. The lowest BCUT2D eigenvalue weighted by atomic mass is 10.1. The van der Waals surface area contributed by atoms with E-state index >= 15 is 0 Å². The van der Waals surface area contributed by atoms with Crippen molar-refractivity contribution in [2.75, 3.05) is 44.0 Å². The summed E-state index contributed by atoms with van der Waals surface area (Å²) in [5.74, 6) is 1.03. The van der Waals surface area contributed by atoms with Crippen LogP contribution >= 0.6 is 0 Å². The van der Waals surface area contributed by atoms with Crippen LogP contribution in [-0.4, -0.2) is 45.2 Å². The van der Waals surface area contributed by atoms with Crippen LogP contribution < -0.4 is 25.0 Å². The lowest BCUT2D eigenvalue weighted by Gasteiger charge is -2.16. The van der Waals surface area contributed by atoms with Crippen molar-refractivity contribution in [3.05, 3.63) is 47.5 Å². The van der Waals surface area contributed by atoms with Crippen molar-refractivity contribution in [1.82, 2.24) is 0 Å². The zero-order valence-electron chi connectivity index (χ0n) is 17.1. The van der Waals surface area contributed by atoms with Crippen LogP contribution in [0.15, 0.2) is 36.4 Å². The number of aryl methyl sites for hydroxylation is 2. The third-order valence-corrected chi connectivity index (χ3v) is 4.70. The molecular weight excluding hydrogens is 370 g/mol. The van der Waals surface area contributed by atoms with Gasteiger partial charge in [0.15, 0.2) is 24.6 Å². The highest BCUT2D eigenvalue weighted by molar-refractivity contribution is 5.94. The van der Waals surface area contributed by atoms with E-state index in [0.29, 0.717) is 30.4 Å². The Morgan fingerprint density at radius 2 is 1.55 bits per heavy atom. The molecule has 2 amide bonds. The first-order valence-corrected chi connectivity index (χ1v) is 9.79. The minimum atomic E-state index is -0.170. The molecule has 0 radical (unpaired) electrons. The number of quaternary nitrogens is 1. The standard InChI is InChI=1S/C22H27N3O4/c1-15-6-4-7-16(2)22(15)24-21(27)14-25(3)13-20(26)23-17-8-9-18-19(12-17)29-11-5-10-28-18/h4,6-9,12H,5,10-11,13-14H2,1-3H3,(H,23,26)(H,24,27)/p+1. The largest absolute Gasteiger partial charge is 0.490 e. The summed E-state index contributed by atoms with van der Waals surface area (Å²) in [6.07, 6.45) is 0.828. The monoisotopic (exact) mass is 398 g/mol. The number of anilines is 2. The van der Waals surface area contributed by atoms with E-state index < -0.39 is 0 Å². The maximum atomic E-state index is 12.4. The topological polar surface area (TPSA) is 81.1 Å². The Hall–Kier alpha value is -3.06. The van der Waals surface area contributed by atoms with Crippen molar-refractivity contribution in [3.8, 4) is 11.5 Å². The molecule has 7 nitrogen and oxygen atoms in total. The minimum Gasteiger partial charge on any atom is -0.490 e. The number of carbonyl (C=O) groups excluding carboxylic acids is 2. The third-order valence-electron chi connectivity index (χ3n) is 4.70. The zero-order chi connectivity index (χ0) is 20.8. The Kier molecular flexibility index (Phi) is 6.72. The summed E-state index contributed by atoms with van der Waals surface area (Å²) >= 11 is 0. The summed E-state index contributed by atoms with van der Waals surface area (Å²) in [7, 11) is 1.82. The number of likely N-dealkylation sites (N-methyl/N-ethyl adjacent to an activating group) is 1. The van der Waals surface area contributed by atoms with Crippen molar-refractivity contribution in [1.29, 1.82) is 0 Å². The Balaban J connectivity index is 1.51. The fourth-order valence-corrected chi connectivity index (χ4v) is 3.25. The summed E-state index contributed by atoms with van der Waals surface area (Å²) in [5.41, 5.74) is 3.51. The van der Waals surface area contributed by atoms with Gasteiger partial charge in [-0.15, -0.1) is 0 Å². The van der Waals surface area contributed by atoms with Gasteiger partial charge in [0.25, 0.3) is 11.8 Å². The molecule has 0 bridgehead atoms. The summed E-state index contributed by atoms with van der Waals surface area (Å²) in [6, 6.07) is 11.2. The lowest BCUT2D eigenvalue weighted by molar-refractivity contribution is -0.862. The first kappa shape index (κ1) is 20.7. The average Bonchev–Trinajstić information content (AvgIpc) is 2.89. The van der Waals surface area contributed by atoms with Crippen LogP contribution in [0.4, 0.5) is 11.4 Å². The van der Waals surface area contributed by atoms with Gasteiger partial charge in [0.2, 0.25) is 0 Å². The second-order valence-corrected chi connectivity index (χ2v) is 7.39. The van der Waals surface area contributed by atoms with Gasteiger partial charge in [0.1, 0.15) is 0 Å². The molecule has 1 heterocycles. The summed E-state index contributed by atoms with van der Waals surface area (Å²) < 4.78 is 11.2. The number of nitrogens with one attached hydrogen (secondary N) is 3. The molecule has 1 atom stereocenters. The van der Waals surface area contributed by atoms with Crippen LogP contribution in [0.3, 0.4) is 0 Å². The maximum Gasteiger partial charge on any atom is 0.279 e. The van der Waals surface area contributed by atoms with Crippen molar-refractivity contribution < 1.29 is 24.0 Å². The van der Waals surface area contributed by atoms with Crippen LogP contribution in [0, 0.1) is 13.8 Å². The second-order valence-electron chi connectivity index (χ2n) is 7.39. The fraction of sp³-hybridized carbons (Fsp3) is 0.364. The van der Waals surface area contributed by atoms with Gasteiger partial charge in [-0.2, -0.15) is 0 Å². The quantitative estimate of drug-likeness (QED) is 0.690. The zero-order valence-corrected chi connectivity index (χ0v) is 17.1. The number of para-hydroxylation sites is 1. The van der Waals surface area contributed by atoms with E-state index in [4.69, 9.17) is 9.47 Å². The molecule has 0 fully saturated rings. The number of rotatable bonds is 6. The molecule has 0 aliphatic carbocycles.